The molecule has 4 rings (SSSR count). The lowest BCUT2D eigenvalue weighted by Crippen LogP contribution is -2.37. The lowest BCUT2D eigenvalue weighted by Gasteiger charge is -2.26. The van der Waals surface area contributed by atoms with Crippen LogP contribution in [0.4, 0.5) is 0 Å². The molecule has 0 aliphatic carbocycles. The lowest BCUT2D eigenvalue weighted by molar-refractivity contribution is 0.0358. The van der Waals surface area contributed by atoms with Crippen molar-refractivity contribution in [2.45, 2.75) is 6.42 Å². The Labute approximate surface area is 167 Å². The number of para-hydroxylation sites is 1. The monoisotopic (exact) mass is 427 g/mol. The Morgan fingerprint density at radius 3 is 2.70 bits per heavy atom. The van der Waals surface area contributed by atoms with Gasteiger partial charge in [0.15, 0.2) is 0 Å². The Bertz CT molecular complexity index is 896. The molecule has 1 fully saturated rings. The van der Waals surface area contributed by atoms with Crippen molar-refractivity contribution in [2.24, 2.45) is 0 Å². The van der Waals surface area contributed by atoms with Crippen LogP contribution in [-0.4, -0.2) is 54.3 Å². The van der Waals surface area contributed by atoms with Crippen molar-refractivity contribution in [2.75, 3.05) is 39.5 Å². The van der Waals surface area contributed by atoms with Crippen molar-refractivity contribution in [1.29, 1.82) is 0 Å². The zero-order chi connectivity index (χ0) is 18.5. The zero-order valence-corrected chi connectivity index (χ0v) is 16.7. The summed E-state index contributed by atoms with van der Waals surface area (Å²) in [7, 11) is 0. The summed E-state index contributed by atoms with van der Waals surface area (Å²) >= 11 is 3.55. The average molecular weight is 428 g/mol. The molecule has 0 atom stereocenters. The van der Waals surface area contributed by atoms with Crippen molar-refractivity contribution in [3.05, 3.63) is 53.1 Å². The zero-order valence-electron chi connectivity index (χ0n) is 15.1. The van der Waals surface area contributed by atoms with E-state index in [0.717, 1.165) is 78.4 Å². The number of fused-ring (bicyclic) bond motifs is 1. The van der Waals surface area contributed by atoms with E-state index < -0.39 is 0 Å². The van der Waals surface area contributed by atoms with Crippen LogP contribution in [0.1, 0.15) is 6.42 Å². The maximum atomic E-state index is 5.88. The molecule has 140 valence electrons. The number of morpholine rings is 1. The summed E-state index contributed by atoms with van der Waals surface area (Å²) in [5.41, 5.74) is 3.64. The highest BCUT2D eigenvalue weighted by atomic mass is 79.9. The fourth-order valence-electron chi connectivity index (χ4n) is 3.16. The van der Waals surface area contributed by atoms with Gasteiger partial charge in [-0.15, -0.1) is 0 Å². The first-order valence-electron chi connectivity index (χ1n) is 9.24. The van der Waals surface area contributed by atoms with Gasteiger partial charge in [-0.25, -0.2) is 4.98 Å². The van der Waals surface area contributed by atoms with E-state index >= 15 is 0 Å². The van der Waals surface area contributed by atoms with Gasteiger partial charge in [0, 0.05) is 29.7 Å². The summed E-state index contributed by atoms with van der Waals surface area (Å²) in [6.45, 7) is 5.52. The summed E-state index contributed by atoms with van der Waals surface area (Å²) in [6.07, 6.45) is 2.83. The van der Waals surface area contributed by atoms with E-state index in [-0.39, 0.29) is 0 Å². The summed E-state index contributed by atoms with van der Waals surface area (Å²) in [4.78, 5) is 11.7. The molecule has 0 spiro atoms. The van der Waals surface area contributed by atoms with Crippen molar-refractivity contribution in [3.8, 4) is 17.0 Å². The maximum Gasteiger partial charge on any atom is 0.119 e. The Kier molecular flexibility index (Phi) is 5.97. The number of aromatic nitrogens is 2. The number of rotatable bonds is 6. The van der Waals surface area contributed by atoms with E-state index in [1.807, 2.05) is 48.7 Å². The van der Waals surface area contributed by atoms with Gasteiger partial charge in [-0.05, 0) is 58.7 Å². The number of nitrogens with zero attached hydrogens (tertiary/aromatic N) is 3. The van der Waals surface area contributed by atoms with Crippen LogP contribution < -0.4 is 4.74 Å². The first-order valence-corrected chi connectivity index (χ1v) is 10.0. The van der Waals surface area contributed by atoms with Crippen LogP contribution in [0, 0.1) is 0 Å². The molecular weight excluding hydrogens is 406 g/mol. The summed E-state index contributed by atoms with van der Waals surface area (Å²) in [5.74, 6) is 0.885. The van der Waals surface area contributed by atoms with Crippen molar-refractivity contribution < 1.29 is 9.47 Å². The van der Waals surface area contributed by atoms with Crippen LogP contribution in [0.25, 0.3) is 22.3 Å². The van der Waals surface area contributed by atoms with Crippen molar-refractivity contribution in [3.63, 3.8) is 0 Å². The Hall–Kier alpha value is -2.02. The molecule has 1 saturated heterocycles. The second kappa shape index (κ2) is 8.78. The molecule has 0 unspecified atom stereocenters. The largest absolute Gasteiger partial charge is 0.494 e. The average Bonchev–Trinajstić information content (AvgIpc) is 2.73. The molecule has 0 N–H and O–H groups in total. The molecule has 5 nitrogen and oxygen atoms in total. The quantitative estimate of drug-likeness (QED) is 0.552. The van der Waals surface area contributed by atoms with Crippen molar-refractivity contribution >= 4 is 27.0 Å². The number of hydrogen-bond acceptors (Lipinski definition) is 5. The van der Waals surface area contributed by atoms with E-state index in [1.54, 1.807) is 0 Å². The van der Waals surface area contributed by atoms with Gasteiger partial charge < -0.3 is 9.47 Å². The number of hydrogen-bond donors (Lipinski definition) is 0. The van der Waals surface area contributed by atoms with Gasteiger partial charge >= 0.3 is 0 Å². The molecule has 1 aliphatic rings. The van der Waals surface area contributed by atoms with Gasteiger partial charge in [-0.2, -0.15) is 0 Å². The molecule has 27 heavy (non-hydrogen) atoms. The third-order valence-electron chi connectivity index (χ3n) is 4.66. The standard InChI is InChI=1S/C21H22BrN3O2/c22-18-3-1-4-19-21(18)24-20(15-23-19)16-5-7-17(8-6-16)27-12-2-9-25-10-13-26-14-11-25/h1,3-8,15H,2,9-14H2. The van der Waals surface area contributed by atoms with Crippen LogP contribution in [0.3, 0.4) is 0 Å². The van der Waals surface area contributed by atoms with Crippen molar-refractivity contribution in [1.82, 2.24) is 14.9 Å². The van der Waals surface area contributed by atoms with Crippen LogP contribution in [0.15, 0.2) is 53.1 Å². The topological polar surface area (TPSA) is 47.5 Å². The highest BCUT2D eigenvalue weighted by Crippen LogP contribution is 2.25. The molecule has 0 amide bonds. The predicted octanol–water partition coefficient (Wildman–Crippen LogP) is 4.16. The minimum Gasteiger partial charge on any atom is -0.494 e. The molecule has 0 bridgehead atoms. The summed E-state index contributed by atoms with van der Waals surface area (Å²) in [6, 6.07) is 14.0. The molecule has 1 aliphatic heterocycles. The Balaban J connectivity index is 1.35. The van der Waals surface area contributed by atoms with Gasteiger partial charge in [-0.3, -0.25) is 9.88 Å². The van der Waals surface area contributed by atoms with Crippen LogP contribution in [0.5, 0.6) is 5.75 Å². The molecule has 0 saturated carbocycles. The first-order chi connectivity index (χ1) is 13.3. The number of ether oxygens (including phenoxy) is 2. The normalized spacial score (nSPS) is 15.1. The third kappa shape index (κ3) is 4.64. The molecule has 0 radical (unpaired) electrons. The van der Waals surface area contributed by atoms with Gasteiger partial charge in [0.1, 0.15) is 11.3 Å². The Morgan fingerprint density at radius 1 is 1.07 bits per heavy atom. The second-order valence-corrected chi connectivity index (χ2v) is 7.40. The maximum absolute atomic E-state index is 5.88. The molecular formula is C21H22BrN3O2. The van der Waals surface area contributed by atoms with Crippen LogP contribution >= 0.6 is 15.9 Å². The molecule has 3 aromatic rings. The van der Waals surface area contributed by atoms with Gasteiger partial charge in [-0.1, -0.05) is 6.07 Å². The van der Waals surface area contributed by atoms with Gasteiger partial charge in [0.05, 0.1) is 37.2 Å². The lowest BCUT2D eigenvalue weighted by atomic mass is 10.1. The first kappa shape index (κ1) is 18.3. The third-order valence-corrected chi connectivity index (χ3v) is 5.30. The minimum atomic E-state index is 0.722. The minimum absolute atomic E-state index is 0.722. The van der Waals surface area contributed by atoms with E-state index in [2.05, 4.69) is 25.8 Å². The van der Waals surface area contributed by atoms with E-state index in [4.69, 9.17) is 14.5 Å². The van der Waals surface area contributed by atoms with E-state index in [1.165, 1.54) is 0 Å². The second-order valence-electron chi connectivity index (χ2n) is 6.54. The highest BCUT2D eigenvalue weighted by molar-refractivity contribution is 9.10. The summed E-state index contributed by atoms with van der Waals surface area (Å²) in [5, 5.41) is 0. The predicted molar refractivity (Wildman–Crippen MR) is 110 cm³/mol. The molecule has 6 heteroatoms. The number of benzene rings is 2. The summed E-state index contributed by atoms with van der Waals surface area (Å²) < 4.78 is 12.2. The van der Waals surface area contributed by atoms with E-state index in [0.29, 0.717) is 0 Å². The molecule has 2 heterocycles. The highest BCUT2D eigenvalue weighted by Gasteiger charge is 2.09. The SMILES string of the molecule is Brc1cccc2ncc(-c3ccc(OCCCN4CCOCC4)cc3)nc12. The Morgan fingerprint density at radius 2 is 1.89 bits per heavy atom. The molecule has 1 aromatic heterocycles. The fraction of sp³-hybridized carbons (Fsp3) is 0.333. The van der Waals surface area contributed by atoms with Gasteiger partial charge in [0.25, 0.3) is 0 Å². The smallest absolute Gasteiger partial charge is 0.119 e. The van der Waals surface area contributed by atoms with Crippen LogP contribution in [-0.2, 0) is 4.74 Å². The fourth-order valence-corrected chi connectivity index (χ4v) is 3.61. The van der Waals surface area contributed by atoms with E-state index in [9.17, 15) is 0 Å². The molecule has 2 aromatic carbocycles. The van der Waals surface area contributed by atoms with Crippen LogP contribution in [0.2, 0.25) is 0 Å². The van der Waals surface area contributed by atoms with Gasteiger partial charge in [0.2, 0.25) is 0 Å². The number of halogens is 1.